The van der Waals surface area contributed by atoms with Crippen molar-refractivity contribution in [3.63, 3.8) is 0 Å². The lowest BCUT2D eigenvalue weighted by Gasteiger charge is -2.22. The van der Waals surface area contributed by atoms with Crippen LogP contribution in [0.5, 0.6) is 0 Å². The molecule has 2 unspecified atom stereocenters. The van der Waals surface area contributed by atoms with Crippen molar-refractivity contribution in [2.45, 2.75) is 39.3 Å². The Morgan fingerprint density at radius 1 is 1.45 bits per heavy atom. The molecule has 0 bridgehead atoms. The summed E-state index contributed by atoms with van der Waals surface area (Å²) >= 11 is 0. The van der Waals surface area contributed by atoms with E-state index in [1.54, 1.807) is 19.1 Å². The molecule has 2 atom stereocenters. The Balaban J connectivity index is 1.89. The van der Waals surface area contributed by atoms with Gasteiger partial charge in [0.05, 0.1) is 18.8 Å². The minimum atomic E-state index is -1.26. The molecule has 2 aromatic heterocycles. The van der Waals surface area contributed by atoms with E-state index in [4.69, 9.17) is 8.83 Å². The van der Waals surface area contributed by atoms with Crippen molar-refractivity contribution in [3.8, 4) is 0 Å². The van der Waals surface area contributed by atoms with E-state index in [1.165, 1.54) is 6.26 Å². The van der Waals surface area contributed by atoms with Crippen LogP contribution in [0.4, 0.5) is 4.79 Å². The Kier molecular flexibility index (Phi) is 4.61. The van der Waals surface area contributed by atoms with Crippen molar-refractivity contribution >= 4 is 6.03 Å². The number of furan rings is 2. The van der Waals surface area contributed by atoms with Crippen molar-refractivity contribution in [1.29, 1.82) is 0 Å². The van der Waals surface area contributed by atoms with Crippen LogP contribution in [0.1, 0.15) is 42.7 Å². The number of amides is 2. The molecule has 2 aromatic rings. The van der Waals surface area contributed by atoms with Gasteiger partial charge in [0, 0.05) is 5.56 Å². The Labute approximate surface area is 129 Å². The molecule has 0 aliphatic rings. The van der Waals surface area contributed by atoms with E-state index in [1.807, 2.05) is 26.8 Å². The van der Waals surface area contributed by atoms with E-state index in [0.29, 0.717) is 5.76 Å². The third-order valence-corrected chi connectivity index (χ3v) is 3.54. The molecule has 0 radical (unpaired) electrons. The summed E-state index contributed by atoms with van der Waals surface area (Å²) in [5.74, 6) is 2.00. The van der Waals surface area contributed by atoms with E-state index in [9.17, 15) is 9.90 Å². The van der Waals surface area contributed by atoms with Crippen LogP contribution in [-0.2, 0) is 5.60 Å². The number of hydrogen-bond acceptors (Lipinski definition) is 4. The summed E-state index contributed by atoms with van der Waals surface area (Å²) in [6, 6.07) is 4.71. The van der Waals surface area contributed by atoms with Gasteiger partial charge in [-0.3, -0.25) is 0 Å². The van der Waals surface area contributed by atoms with Crippen LogP contribution in [0.2, 0.25) is 0 Å². The van der Waals surface area contributed by atoms with Gasteiger partial charge >= 0.3 is 6.03 Å². The molecule has 0 aliphatic carbocycles. The first-order chi connectivity index (χ1) is 10.3. The van der Waals surface area contributed by atoms with Gasteiger partial charge in [-0.15, -0.1) is 0 Å². The SMILES string of the molecule is Cc1cc(C(C)NC(=O)NCC(C)(O)c2ccco2)c(C)o1. The Morgan fingerprint density at radius 3 is 2.73 bits per heavy atom. The molecule has 22 heavy (non-hydrogen) atoms. The predicted octanol–water partition coefficient (Wildman–Crippen LogP) is 2.76. The molecule has 6 nitrogen and oxygen atoms in total. The van der Waals surface area contributed by atoms with Gasteiger partial charge in [-0.1, -0.05) is 0 Å². The number of aryl methyl sites for hydroxylation is 2. The summed E-state index contributed by atoms with van der Waals surface area (Å²) in [6.45, 7) is 7.23. The quantitative estimate of drug-likeness (QED) is 0.792. The first kappa shape index (κ1) is 16.2. The molecule has 0 spiro atoms. The zero-order valence-corrected chi connectivity index (χ0v) is 13.3. The van der Waals surface area contributed by atoms with Gasteiger partial charge in [-0.25, -0.2) is 4.79 Å². The zero-order chi connectivity index (χ0) is 16.3. The summed E-state index contributed by atoms with van der Waals surface area (Å²) in [5, 5.41) is 15.7. The molecule has 2 heterocycles. The van der Waals surface area contributed by atoms with Crippen LogP contribution < -0.4 is 10.6 Å². The third kappa shape index (κ3) is 3.71. The molecule has 0 saturated carbocycles. The van der Waals surface area contributed by atoms with Crippen molar-refractivity contribution in [3.05, 3.63) is 47.3 Å². The van der Waals surface area contributed by atoms with Crippen LogP contribution in [0.25, 0.3) is 0 Å². The molecule has 6 heteroatoms. The van der Waals surface area contributed by atoms with Crippen molar-refractivity contribution in [1.82, 2.24) is 10.6 Å². The van der Waals surface area contributed by atoms with E-state index in [0.717, 1.165) is 17.1 Å². The number of aliphatic hydroxyl groups is 1. The number of hydrogen-bond donors (Lipinski definition) is 3. The molecule has 0 aliphatic heterocycles. The van der Waals surface area contributed by atoms with E-state index in [2.05, 4.69) is 10.6 Å². The summed E-state index contributed by atoms with van der Waals surface area (Å²) in [5.41, 5.74) is -0.322. The van der Waals surface area contributed by atoms with Crippen LogP contribution in [0.3, 0.4) is 0 Å². The smallest absolute Gasteiger partial charge is 0.315 e. The standard InChI is InChI=1S/C16H22N2O4/c1-10-8-13(12(3)22-10)11(2)18-15(19)17-9-16(4,20)14-6-5-7-21-14/h5-8,11,20H,9H2,1-4H3,(H2,17,18,19). The Hall–Kier alpha value is -2.21. The average molecular weight is 306 g/mol. The lowest BCUT2D eigenvalue weighted by atomic mass is 10.0. The van der Waals surface area contributed by atoms with Gasteiger partial charge in [0.2, 0.25) is 0 Å². The fourth-order valence-corrected chi connectivity index (χ4v) is 2.33. The Morgan fingerprint density at radius 2 is 2.18 bits per heavy atom. The topological polar surface area (TPSA) is 87.6 Å². The number of carbonyl (C=O) groups excluding carboxylic acids is 1. The predicted molar refractivity (Wildman–Crippen MR) is 81.4 cm³/mol. The second-order valence-corrected chi connectivity index (χ2v) is 5.67. The zero-order valence-electron chi connectivity index (χ0n) is 13.3. The van der Waals surface area contributed by atoms with Gasteiger partial charge < -0.3 is 24.6 Å². The number of nitrogens with one attached hydrogen (secondary N) is 2. The molecule has 0 saturated heterocycles. The molecule has 0 fully saturated rings. The van der Waals surface area contributed by atoms with Gasteiger partial charge in [0.25, 0.3) is 0 Å². The molecule has 3 N–H and O–H groups in total. The van der Waals surface area contributed by atoms with Gasteiger partial charge in [0.1, 0.15) is 22.9 Å². The van der Waals surface area contributed by atoms with Crippen molar-refractivity contribution in [2.75, 3.05) is 6.54 Å². The number of rotatable bonds is 5. The maximum atomic E-state index is 12.0. The van der Waals surface area contributed by atoms with Gasteiger partial charge in [-0.05, 0) is 45.9 Å². The maximum absolute atomic E-state index is 12.0. The van der Waals surface area contributed by atoms with Crippen LogP contribution >= 0.6 is 0 Å². The first-order valence-corrected chi connectivity index (χ1v) is 7.17. The van der Waals surface area contributed by atoms with Gasteiger partial charge in [0.15, 0.2) is 0 Å². The summed E-state index contributed by atoms with van der Waals surface area (Å²) in [7, 11) is 0. The van der Waals surface area contributed by atoms with Crippen LogP contribution in [-0.4, -0.2) is 17.7 Å². The minimum absolute atomic E-state index is 0.0441. The normalized spacial score (nSPS) is 15.1. The number of urea groups is 1. The van der Waals surface area contributed by atoms with E-state index in [-0.39, 0.29) is 18.6 Å². The highest BCUT2D eigenvalue weighted by Gasteiger charge is 2.27. The van der Waals surface area contributed by atoms with E-state index >= 15 is 0 Å². The van der Waals surface area contributed by atoms with Crippen molar-refractivity contribution < 1.29 is 18.7 Å². The second-order valence-electron chi connectivity index (χ2n) is 5.67. The molecule has 120 valence electrons. The fourth-order valence-electron chi connectivity index (χ4n) is 2.33. The van der Waals surface area contributed by atoms with Crippen LogP contribution in [0, 0.1) is 13.8 Å². The molecule has 2 rings (SSSR count). The maximum Gasteiger partial charge on any atom is 0.315 e. The highest BCUT2D eigenvalue weighted by Crippen LogP contribution is 2.22. The highest BCUT2D eigenvalue weighted by atomic mass is 16.4. The largest absolute Gasteiger partial charge is 0.466 e. The van der Waals surface area contributed by atoms with E-state index < -0.39 is 5.60 Å². The number of carbonyl (C=O) groups is 1. The lowest BCUT2D eigenvalue weighted by molar-refractivity contribution is 0.0366. The minimum Gasteiger partial charge on any atom is -0.466 e. The summed E-state index contributed by atoms with van der Waals surface area (Å²) in [6.07, 6.45) is 1.48. The monoisotopic (exact) mass is 306 g/mol. The second kappa shape index (κ2) is 6.27. The summed E-state index contributed by atoms with van der Waals surface area (Å²) in [4.78, 5) is 12.0. The van der Waals surface area contributed by atoms with Crippen LogP contribution in [0.15, 0.2) is 33.3 Å². The molecular formula is C16H22N2O4. The Bertz CT molecular complexity index is 629. The average Bonchev–Trinajstić information content (AvgIpc) is 3.06. The molecule has 2 amide bonds. The first-order valence-electron chi connectivity index (χ1n) is 7.17. The highest BCUT2D eigenvalue weighted by molar-refractivity contribution is 5.74. The fraction of sp³-hybridized carbons (Fsp3) is 0.438. The summed E-state index contributed by atoms with van der Waals surface area (Å²) < 4.78 is 10.6. The molecule has 0 aromatic carbocycles. The third-order valence-electron chi connectivity index (χ3n) is 3.54. The van der Waals surface area contributed by atoms with Gasteiger partial charge in [-0.2, -0.15) is 0 Å². The molecular weight excluding hydrogens is 284 g/mol. The van der Waals surface area contributed by atoms with Crippen molar-refractivity contribution in [2.24, 2.45) is 0 Å². The lowest BCUT2D eigenvalue weighted by Crippen LogP contribution is -2.44.